The fourth-order valence-electron chi connectivity index (χ4n) is 2.71. The first-order valence-corrected chi connectivity index (χ1v) is 8.12. The van der Waals surface area contributed by atoms with Gasteiger partial charge >= 0.3 is 0 Å². The highest BCUT2D eigenvalue weighted by molar-refractivity contribution is 5.93. The van der Waals surface area contributed by atoms with E-state index in [-0.39, 0.29) is 11.9 Å². The van der Waals surface area contributed by atoms with Crippen molar-refractivity contribution in [2.75, 3.05) is 18.0 Å². The summed E-state index contributed by atoms with van der Waals surface area (Å²) in [4.78, 5) is 23.0. The van der Waals surface area contributed by atoms with Crippen LogP contribution < -0.4 is 10.2 Å². The van der Waals surface area contributed by atoms with Gasteiger partial charge in [0.15, 0.2) is 0 Å². The summed E-state index contributed by atoms with van der Waals surface area (Å²) in [5.41, 5.74) is 0.498. The second-order valence-electron chi connectivity index (χ2n) is 5.96. The molecule has 6 nitrogen and oxygen atoms in total. The van der Waals surface area contributed by atoms with E-state index in [9.17, 15) is 4.79 Å². The molecule has 1 N–H and O–H groups in total. The molecule has 6 heteroatoms. The van der Waals surface area contributed by atoms with E-state index in [1.54, 1.807) is 18.7 Å². The van der Waals surface area contributed by atoms with Gasteiger partial charge in [0.05, 0.1) is 11.8 Å². The third kappa shape index (κ3) is 4.09. The molecule has 1 fully saturated rings. The number of aromatic nitrogens is 2. The molecule has 3 heterocycles. The van der Waals surface area contributed by atoms with E-state index in [1.165, 1.54) is 12.8 Å². The fourth-order valence-corrected chi connectivity index (χ4v) is 2.71. The molecule has 0 spiro atoms. The number of nitrogens with one attached hydrogen (secondary N) is 1. The van der Waals surface area contributed by atoms with Gasteiger partial charge in [-0.1, -0.05) is 0 Å². The highest BCUT2D eigenvalue weighted by Crippen LogP contribution is 2.15. The molecule has 1 aliphatic rings. The van der Waals surface area contributed by atoms with Crippen LogP contribution in [0.4, 0.5) is 5.95 Å². The van der Waals surface area contributed by atoms with E-state index in [1.807, 2.05) is 19.1 Å². The van der Waals surface area contributed by atoms with Gasteiger partial charge in [0.2, 0.25) is 5.95 Å². The summed E-state index contributed by atoms with van der Waals surface area (Å²) in [7, 11) is 0. The lowest BCUT2D eigenvalue weighted by atomic mass is 10.1. The second-order valence-corrected chi connectivity index (χ2v) is 5.96. The number of carbonyl (C=O) groups excluding carboxylic acids is 1. The average molecular weight is 314 g/mol. The number of amides is 1. The lowest BCUT2D eigenvalue weighted by Crippen LogP contribution is -2.33. The molecule has 122 valence electrons. The molecule has 0 saturated carbocycles. The van der Waals surface area contributed by atoms with Crippen molar-refractivity contribution in [3.63, 3.8) is 0 Å². The summed E-state index contributed by atoms with van der Waals surface area (Å²) in [5.74, 6) is 1.51. The first kappa shape index (κ1) is 15.5. The van der Waals surface area contributed by atoms with Crippen molar-refractivity contribution in [1.82, 2.24) is 15.3 Å². The largest absolute Gasteiger partial charge is 0.469 e. The van der Waals surface area contributed by atoms with Crippen LogP contribution in [0.5, 0.6) is 0 Å². The van der Waals surface area contributed by atoms with Gasteiger partial charge in [0.25, 0.3) is 5.91 Å². The van der Waals surface area contributed by atoms with Gasteiger partial charge in [0.1, 0.15) is 5.76 Å². The van der Waals surface area contributed by atoms with Crippen molar-refractivity contribution in [2.45, 2.75) is 38.6 Å². The molecule has 0 aromatic carbocycles. The first-order chi connectivity index (χ1) is 11.2. The molecule has 1 amide bonds. The van der Waals surface area contributed by atoms with Crippen LogP contribution in [0.15, 0.2) is 35.2 Å². The number of hydrogen-bond donors (Lipinski definition) is 1. The van der Waals surface area contributed by atoms with Crippen molar-refractivity contribution in [3.05, 3.63) is 42.1 Å². The highest BCUT2D eigenvalue weighted by Gasteiger charge is 2.16. The summed E-state index contributed by atoms with van der Waals surface area (Å²) in [6.07, 6.45) is 8.87. The number of hydrogen-bond acceptors (Lipinski definition) is 5. The number of anilines is 1. The van der Waals surface area contributed by atoms with Crippen LogP contribution in [-0.2, 0) is 6.42 Å². The Kier molecular flexibility index (Phi) is 4.90. The van der Waals surface area contributed by atoms with Gasteiger partial charge in [-0.25, -0.2) is 9.97 Å². The van der Waals surface area contributed by atoms with Crippen LogP contribution in [-0.4, -0.2) is 35.0 Å². The zero-order valence-electron chi connectivity index (χ0n) is 13.4. The Morgan fingerprint density at radius 3 is 2.74 bits per heavy atom. The van der Waals surface area contributed by atoms with E-state index in [4.69, 9.17) is 4.42 Å². The monoisotopic (exact) mass is 314 g/mol. The summed E-state index contributed by atoms with van der Waals surface area (Å²) < 4.78 is 5.30. The van der Waals surface area contributed by atoms with Crippen LogP contribution >= 0.6 is 0 Å². The predicted molar refractivity (Wildman–Crippen MR) is 87.4 cm³/mol. The summed E-state index contributed by atoms with van der Waals surface area (Å²) in [6.45, 7) is 3.98. The lowest BCUT2D eigenvalue weighted by Gasteiger charge is -2.15. The van der Waals surface area contributed by atoms with Crippen LogP contribution in [0, 0.1) is 0 Å². The van der Waals surface area contributed by atoms with Crippen molar-refractivity contribution in [2.24, 2.45) is 0 Å². The number of carbonyl (C=O) groups is 1. The second kappa shape index (κ2) is 7.26. The minimum Gasteiger partial charge on any atom is -0.469 e. The van der Waals surface area contributed by atoms with E-state index in [2.05, 4.69) is 20.2 Å². The van der Waals surface area contributed by atoms with Gasteiger partial charge < -0.3 is 14.6 Å². The topological polar surface area (TPSA) is 71.3 Å². The van der Waals surface area contributed by atoms with E-state index in [0.29, 0.717) is 11.5 Å². The maximum atomic E-state index is 12.2. The van der Waals surface area contributed by atoms with Gasteiger partial charge in [-0.15, -0.1) is 0 Å². The molecule has 23 heavy (non-hydrogen) atoms. The van der Waals surface area contributed by atoms with Crippen LogP contribution in [0.3, 0.4) is 0 Å². The Labute approximate surface area is 135 Å². The molecule has 2 aromatic heterocycles. The number of furan rings is 1. The molecule has 0 aliphatic carbocycles. The van der Waals surface area contributed by atoms with Gasteiger partial charge in [-0.3, -0.25) is 4.79 Å². The normalized spacial score (nSPS) is 15.6. The Balaban J connectivity index is 1.50. The van der Waals surface area contributed by atoms with Gasteiger partial charge in [-0.05, 0) is 38.3 Å². The van der Waals surface area contributed by atoms with Crippen LogP contribution in [0.2, 0.25) is 0 Å². The van der Waals surface area contributed by atoms with E-state index >= 15 is 0 Å². The quantitative estimate of drug-likeness (QED) is 0.886. The molecule has 0 bridgehead atoms. The third-order valence-electron chi connectivity index (χ3n) is 4.07. The van der Waals surface area contributed by atoms with Crippen molar-refractivity contribution < 1.29 is 9.21 Å². The summed E-state index contributed by atoms with van der Waals surface area (Å²) in [6, 6.07) is 3.88. The Bertz CT molecular complexity index is 619. The number of aryl methyl sites for hydroxylation is 1. The minimum atomic E-state index is -0.134. The van der Waals surface area contributed by atoms with Crippen LogP contribution in [0.25, 0.3) is 0 Å². The molecule has 1 saturated heterocycles. The molecular weight excluding hydrogens is 292 g/mol. The SMILES string of the molecule is C[C@@H](CCc1ccco1)NC(=O)c1cnc(N2CCCC2)nc1. The predicted octanol–water partition coefficient (Wildman–Crippen LogP) is 2.42. The van der Waals surface area contributed by atoms with Crippen molar-refractivity contribution in [1.29, 1.82) is 0 Å². The minimum absolute atomic E-state index is 0.0610. The van der Waals surface area contributed by atoms with Crippen molar-refractivity contribution >= 4 is 11.9 Å². The highest BCUT2D eigenvalue weighted by atomic mass is 16.3. The Morgan fingerprint density at radius 2 is 2.09 bits per heavy atom. The Morgan fingerprint density at radius 1 is 1.35 bits per heavy atom. The maximum absolute atomic E-state index is 12.2. The molecule has 0 unspecified atom stereocenters. The first-order valence-electron chi connectivity index (χ1n) is 8.12. The third-order valence-corrected chi connectivity index (χ3v) is 4.07. The number of rotatable bonds is 6. The van der Waals surface area contributed by atoms with E-state index in [0.717, 1.165) is 31.7 Å². The van der Waals surface area contributed by atoms with Crippen LogP contribution in [0.1, 0.15) is 42.3 Å². The van der Waals surface area contributed by atoms with Gasteiger partial charge in [-0.2, -0.15) is 0 Å². The van der Waals surface area contributed by atoms with E-state index < -0.39 is 0 Å². The number of nitrogens with zero attached hydrogens (tertiary/aromatic N) is 3. The maximum Gasteiger partial charge on any atom is 0.254 e. The van der Waals surface area contributed by atoms with Crippen molar-refractivity contribution in [3.8, 4) is 0 Å². The average Bonchev–Trinajstić information content (AvgIpc) is 3.26. The zero-order valence-corrected chi connectivity index (χ0v) is 13.4. The smallest absolute Gasteiger partial charge is 0.254 e. The fraction of sp³-hybridized carbons (Fsp3) is 0.471. The molecular formula is C17H22N4O2. The molecule has 0 radical (unpaired) electrons. The molecule has 1 aliphatic heterocycles. The molecule has 1 atom stereocenters. The van der Waals surface area contributed by atoms with Gasteiger partial charge in [0, 0.05) is 37.9 Å². The standard InChI is InChI=1S/C17H22N4O2/c1-13(6-7-15-5-4-10-23-15)20-16(22)14-11-18-17(19-12-14)21-8-2-3-9-21/h4-5,10-13H,2-3,6-9H2,1H3,(H,20,22)/t13-/m0/s1. The molecule has 2 aromatic rings. The summed E-state index contributed by atoms with van der Waals surface area (Å²) in [5, 5.41) is 2.97. The molecule has 3 rings (SSSR count). The summed E-state index contributed by atoms with van der Waals surface area (Å²) >= 11 is 0. The zero-order chi connectivity index (χ0) is 16.1. The Hall–Kier alpha value is -2.37. The lowest BCUT2D eigenvalue weighted by molar-refractivity contribution is 0.0937.